The molecule has 3 aromatic carbocycles. The van der Waals surface area contributed by atoms with E-state index >= 15 is 0 Å². The third kappa shape index (κ3) is 3.17. The number of phenols is 3. The average molecular weight is 466 g/mol. The number of aliphatic hydroxyl groups is 1. The molecule has 34 heavy (non-hydrogen) atoms. The summed E-state index contributed by atoms with van der Waals surface area (Å²) in [5.41, 5.74) is 4.05. The Hall–Kier alpha value is -3.78. The molecule has 2 atom stereocenters. The van der Waals surface area contributed by atoms with Crippen LogP contribution < -0.4 is 18.9 Å². The summed E-state index contributed by atoms with van der Waals surface area (Å²) < 4.78 is 22.4. The molecule has 3 aromatic rings. The Morgan fingerprint density at radius 3 is 2.18 bits per heavy atom. The zero-order valence-corrected chi connectivity index (χ0v) is 19.1. The van der Waals surface area contributed by atoms with Crippen LogP contribution in [-0.2, 0) is 12.8 Å². The maximum absolute atomic E-state index is 10.9. The van der Waals surface area contributed by atoms with Crippen LogP contribution in [0.1, 0.15) is 34.3 Å². The highest BCUT2D eigenvalue weighted by Gasteiger charge is 2.41. The van der Waals surface area contributed by atoms with E-state index in [2.05, 4.69) is 0 Å². The van der Waals surface area contributed by atoms with Crippen molar-refractivity contribution in [3.63, 3.8) is 0 Å². The standard InChI is InChI=1S/C26H26O8/c1-31-14-6-12-4-5-15-18(28)10-16-17(11-27)25(34-26(16)23(15)22(12)19(29)9-14)13-7-20(32-2)24(30)21(8-13)33-3/h6-10,17,25,27-30H,4-5,11H2,1-3H3. The summed E-state index contributed by atoms with van der Waals surface area (Å²) in [4.78, 5) is 0. The van der Waals surface area contributed by atoms with Crippen molar-refractivity contribution in [3.8, 4) is 51.4 Å². The van der Waals surface area contributed by atoms with Gasteiger partial charge in [0.1, 0.15) is 29.1 Å². The fourth-order valence-corrected chi connectivity index (χ4v) is 5.09. The monoisotopic (exact) mass is 466 g/mol. The van der Waals surface area contributed by atoms with Crippen LogP contribution in [0.2, 0.25) is 0 Å². The van der Waals surface area contributed by atoms with Crippen LogP contribution >= 0.6 is 0 Å². The van der Waals surface area contributed by atoms with Crippen molar-refractivity contribution in [2.45, 2.75) is 24.9 Å². The molecular formula is C26H26O8. The summed E-state index contributed by atoms with van der Waals surface area (Å²) >= 11 is 0. The highest BCUT2D eigenvalue weighted by molar-refractivity contribution is 5.87. The second kappa shape index (κ2) is 8.22. The molecule has 2 unspecified atom stereocenters. The third-order valence-electron chi connectivity index (χ3n) is 6.73. The Morgan fingerprint density at radius 2 is 1.56 bits per heavy atom. The number of aromatic hydroxyl groups is 3. The Balaban J connectivity index is 1.70. The van der Waals surface area contributed by atoms with E-state index in [1.165, 1.54) is 20.3 Å². The number of hydrogen-bond acceptors (Lipinski definition) is 8. The molecule has 1 aliphatic heterocycles. The SMILES string of the molecule is COc1cc(O)c2c(c1)CCc1c(O)cc3c(c1-2)OC(c1cc(OC)c(O)c(OC)c1)C3CO. The van der Waals surface area contributed by atoms with Gasteiger partial charge in [-0.3, -0.25) is 0 Å². The fourth-order valence-electron chi connectivity index (χ4n) is 5.09. The number of hydrogen-bond donors (Lipinski definition) is 4. The Kier molecular flexibility index (Phi) is 5.32. The minimum atomic E-state index is -0.639. The molecule has 0 bridgehead atoms. The van der Waals surface area contributed by atoms with E-state index in [-0.39, 0.29) is 35.4 Å². The van der Waals surface area contributed by atoms with Gasteiger partial charge in [0.2, 0.25) is 5.75 Å². The van der Waals surface area contributed by atoms with E-state index in [1.54, 1.807) is 25.3 Å². The summed E-state index contributed by atoms with van der Waals surface area (Å²) in [5.74, 6) is 0.970. The normalized spacial score (nSPS) is 17.9. The molecule has 0 spiro atoms. The number of ether oxygens (including phenoxy) is 4. The molecule has 178 valence electrons. The first-order chi connectivity index (χ1) is 16.4. The van der Waals surface area contributed by atoms with E-state index < -0.39 is 12.0 Å². The smallest absolute Gasteiger partial charge is 0.200 e. The molecule has 5 rings (SSSR count). The molecule has 1 aliphatic carbocycles. The Morgan fingerprint density at radius 1 is 0.853 bits per heavy atom. The Labute approximate surface area is 196 Å². The fraction of sp³-hybridized carbons (Fsp3) is 0.308. The Bertz CT molecular complexity index is 1260. The first-order valence-corrected chi connectivity index (χ1v) is 10.9. The maximum atomic E-state index is 10.9. The second-order valence-corrected chi connectivity index (χ2v) is 8.45. The van der Waals surface area contributed by atoms with Gasteiger partial charge in [-0.05, 0) is 42.7 Å². The lowest BCUT2D eigenvalue weighted by Crippen LogP contribution is -2.13. The van der Waals surface area contributed by atoms with Crippen LogP contribution in [0.5, 0.6) is 40.2 Å². The van der Waals surface area contributed by atoms with Crippen molar-refractivity contribution < 1.29 is 39.4 Å². The average Bonchev–Trinajstić information content (AvgIpc) is 3.21. The number of aliphatic hydroxyl groups excluding tert-OH is 1. The summed E-state index contributed by atoms with van der Waals surface area (Å²) in [6.45, 7) is -0.247. The van der Waals surface area contributed by atoms with Crippen molar-refractivity contribution in [3.05, 3.63) is 52.6 Å². The van der Waals surface area contributed by atoms with E-state index in [0.29, 0.717) is 52.2 Å². The summed E-state index contributed by atoms with van der Waals surface area (Å²) in [5, 5.41) is 42.4. The van der Waals surface area contributed by atoms with Gasteiger partial charge in [0.15, 0.2) is 11.5 Å². The molecular weight excluding hydrogens is 440 g/mol. The lowest BCUT2D eigenvalue weighted by molar-refractivity contribution is 0.159. The molecule has 8 nitrogen and oxygen atoms in total. The topological polar surface area (TPSA) is 118 Å². The summed E-state index contributed by atoms with van der Waals surface area (Å²) in [7, 11) is 4.42. The number of phenolic OH excluding ortho intramolecular Hbond substituents is 3. The highest BCUT2D eigenvalue weighted by Crippen LogP contribution is 2.57. The lowest BCUT2D eigenvalue weighted by Gasteiger charge is -2.25. The predicted molar refractivity (Wildman–Crippen MR) is 124 cm³/mol. The molecule has 4 N–H and O–H groups in total. The molecule has 8 heteroatoms. The number of methoxy groups -OCH3 is 3. The number of fused-ring (bicyclic) bond motifs is 5. The second-order valence-electron chi connectivity index (χ2n) is 8.45. The van der Waals surface area contributed by atoms with Gasteiger partial charge in [-0.1, -0.05) is 0 Å². The van der Waals surface area contributed by atoms with E-state index in [9.17, 15) is 20.4 Å². The quantitative estimate of drug-likeness (QED) is 0.449. The first kappa shape index (κ1) is 22.0. The van der Waals surface area contributed by atoms with Gasteiger partial charge in [-0.15, -0.1) is 0 Å². The van der Waals surface area contributed by atoms with Crippen LogP contribution in [0, 0.1) is 0 Å². The van der Waals surface area contributed by atoms with E-state index in [0.717, 1.165) is 5.56 Å². The van der Waals surface area contributed by atoms with Crippen molar-refractivity contribution in [1.82, 2.24) is 0 Å². The van der Waals surface area contributed by atoms with Gasteiger partial charge in [0.25, 0.3) is 0 Å². The van der Waals surface area contributed by atoms with Crippen molar-refractivity contribution >= 4 is 0 Å². The van der Waals surface area contributed by atoms with Crippen molar-refractivity contribution in [1.29, 1.82) is 0 Å². The molecule has 1 heterocycles. The van der Waals surface area contributed by atoms with Gasteiger partial charge in [-0.25, -0.2) is 0 Å². The summed E-state index contributed by atoms with van der Waals surface area (Å²) in [6.07, 6.45) is 0.547. The van der Waals surface area contributed by atoms with Crippen LogP contribution in [0.3, 0.4) is 0 Å². The molecule has 0 fully saturated rings. The van der Waals surface area contributed by atoms with Crippen LogP contribution in [-0.4, -0.2) is 48.4 Å². The number of benzene rings is 3. The zero-order valence-electron chi connectivity index (χ0n) is 19.1. The van der Waals surface area contributed by atoms with Gasteiger partial charge >= 0.3 is 0 Å². The molecule has 0 amide bonds. The zero-order chi connectivity index (χ0) is 24.1. The number of rotatable bonds is 5. The predicted octanol–water partition coefficient (Wildman–Crippen LogP) is 3.80. The molecule has 0 radical (unpaired) electrons. The van der Waals surface area contributed by atoms with Crippen LogP contribution in [0.25, 0.3) is 11.1 Å². The van der Waals surface area contributed by atoms with E-state index in [4.69, 9.17) is 18.9 Å². The van der Waals surface area contributed by atoms with E-state index in [1.807, 2.05) is 6.07 Å². The van der Waals surface area contributed by atoms with Crippen LogP contribution in [0.15, 0.2) is 30.3 Å². The highest BCUT2D eigenvalue weighted by atomic mass is 16.5. The van der Waals surface area contributed by atoms with Crippen molar-refractivity contribution in [2.75, 3.05) is 27.9 Å². The minimum absolute atomic E-state index is 0.0312. The molecule has 2 aliphatic rings. The summed E-state index contributed by atoms with van der Waals surface area (Å²) in [6, 6.07) is 8.32. The number of aryl methyl sites for hydroxylation is 1. The first-order valence-electron chi connectivity index (χ1n) is 10.9. The van der Waals surface area contributed by atoms with Crippen LogP contribution in [0.4, 0.5) is 0 Å². The minimum Gasteiger partial charge on any atom is -0.508 e. The van der Waals surface area contributed by atoms with Crippen molar-refractivity contribution in [2.24, 2.45) is 0 Å². The molecule has 0 saturated carbocycles. The van der Waals surface area contributed by atoms with Gasteiger partial charge < -0.3 is 39.4 Å². The van der Waals surface area contributed by atoms with Gasteiger partial charge in [0, 0.05) is 33.9 Å². The maximum Gasteiger partial charge on any atom is 0.200 e. The molecule has 0 aromatic heterocycles. The third-order valence-corrected chi connectivity index (χ3v) is 6.73. The van der Waals surface area contributed by atoms with Gasteiger partial charge in [-0.2, -0.15) is 0 Å². The molecule has 0 saturated heterocycles. The lowest BCUT2D eigenvalue weighted by atomic mass is 9.81. The van der Waals surface area contributed by atoms with Gasteiger partial charge in [0.05, 0.1) is 33.9 Å². The largest absolute Gasteiger partial charge is 0.508 e.